The molecule has 1 N–H and O–H groups in total. The van der Waals surface area contributed by atoms with Gasteiger partial charge in [-0.1, -0.05) is 18.2 Å². The average Bonchev–Trinajstić information content (AvgIpc) is 2.69. The predicted molar refractivity (Wildman–Crippen MR) is 70.0 cm³/mol. The molecule has 2 nitrogen and oxygen atoms in total. The van der Waals surface area contributed by atoms with E-state index in [1.54, 1.807) is 11.3 Å². The van der Waals surface area contributed by atoms with E-state index in [0.29, 0.717) is 0 Å². The fraction of sp³-hybridized carbons (Fsp3) is 0.385. The van der Waals surface area contributed by atoms with Crippen molar-refractivity contribution in [3.8, 4) is 0 Å². The third kappa shape index (κ3) is 2.61. The molecule has 1 unspecified atom stereocenters. The molecule has 1 aromatic heterocycles. The molecular formula is C13H17NOS. The Morgan fingerprint density at radius 1 is 1.31 bits per heavy atom. The first-order chi connectivity index (χ1) is 7.66. The van der Waals surface area contributed by atoms with Crippen LogP contribution in [0.1, 0.15) is 17.4 Å². The highest BCUT2D eigenvalue weighted by Crippen LogP contribution is 2.30. The van der Waals surface area contributed by atoms with Crippen LogP contribution >= 0.6 is 11.3 Å². The second-order valence-corrected chi connectivity index (χ2v) is 5.41. The van der Waals surface area contributed by atoms with Crippen molar-refractivity contribution in [3.05, 3.63) is 35.2 Å². The number of fused-ring (bicyclic) bond motifs is 1. The molecule has 3 heteroatoms. The summed E-state index contributed by atoms with van der Waals surface area (Å²) in [4.78, 5) is 3.17. The van der Waals surface area contributed by atoms with Gasteiger partial charge in [-0.3, -0.25) is 0 Å². The maximum absolute atomic E-state index is 10.1. The monoisotopic (exact) mass is 235 g/mol. The molecule has 0 amide bonds. The van der Waals surface area contributed by atoms with Crippen LogP contribution in [0.5, 0.6) is 0 Å². The van der Waals surface area contributed by atoms with Gasteiger partial charge >= 0.3 is 0 Å². The summed E-state index contributed by atoms with van der Waals surface area (Å²) in [7, 11) is 4.05. The molecule has 1 heterocycles. The molecule has 0 bridgehead atoms. The van der Waals surface area contributed by atoms with Crippen LogP contribution in [-0.2, 0) is 0 Å². The van der Waals surface area contributed by atoms with Crippen molar-refractivity contribution in [2.24, 2.45) is 0 Å². The van der Waals surface area contributed by atoms with Gasteiger partial charge in [0.2, 0.25) is 0 Å². The second kappa shape index (κ2) is 4.95. The fourth-order valence-corrected chi connectivity index (χ4v) is 2.77. The number of aliphatic hydroxyl groups is 1. The van der Waals surface area contributed by atoms with Gasteiger partial charge in [-0.2, -0.15) is 0 Å². The van der Waals surface area contributed by atoms with E-state index in [1.807, 2.05) is 26.2 Å². The van der Waals surface area contributed by atoms with Crippen molar-refractivity contribution >= 4 is 21.4 Å². The van der Waals surface area contributed by atoms with Crippen LogP contribution in [0.15, 0.2) is 30.3 Å². The van der Waals surface area contributed by atoms with Gasteiger partial charge in [-0.05, 0) is 38.0 Å². The Kier molecular flexibility index (Phi) is 3.59. The van der Waals surface area contributed by atoms with E-state index >= 15 is 0 Å². The summed E-state index contributed by atoms with van der Waals surface area (Å²) in [6, 6.07) is 10.4. The second-order valence-electron chi connectivity index (χ2n) is 4.29. The third-order valence-corrected chi connectivity index (χ3v) is 3.84. The lowest BCUT2D eigenvalue weighted by atomic mass is 10.2. The lowest BCUT2D eigenvalue weighted by molar-refractivity contribution is 0.158. The fourth-order valence-electron chi connectivity index (χ4n) is 1.69. The molecule has 0 aliphatic heterocycles. The highest BCUT2D eigenvalue weighted by Gasteiger charge is 2.11. The average molecular weight is 235 g/mol. The van der Waals surface area contributed by atoms with E-state index in [2.05, 4.69) is 23.1 Å². The number of hydrogen-bond donors (Lipinski definition) is 1. The minimum atomic E-state index is -0.334. The number of hydrogen-bond acceptors (Lipinski definition) is 3. The van der Waals surface area contributed by atoms with E-state index in [-0.39, 0.29) is 6.10 Å². The van der Waals surface area contributed by atoms with Gasteiger partial charge in [0, 0.05) is 16.1 Å². The molecule has 2 aromatic rings. The van der Waals surface area contributed by atoms with Gasteiger partial charge < -0.3 is 10.0 Å². The summed E-state index contributed by atoms with van der Waals surface area (Å²) in [5, 5.41) is 11.3. The quantitative estimate of drug-likeness (QED) is 0.881. The zero-order chi connectivity index (χ0) is 11.5. The Morgan fingerprint density at radius 3 is 2.75 bits per heavy atom. The number of nitrogens with zero attached hydrogens (tertiary/aromatic N) is 1. The molecule has 16 heavy (non-hydrogen) atoms. The van der Waals surface area contributed by atoms with Gasteiger partial charge in [0.1, 0.15) is 0 Å². The smallest absolute Gasteiger partial charge is 0.0894 e. The Balaban J connectivity index is 2.13. The Labute approximate surface area is 100 Å². The predicted octanol–water partition coefficient (Wildman–Crippen LogP) is 2.89. The normalized spacial score (nSPS) is 13.5. The number of thiophene rings is 1. The highest BCUT2D eigenvalue weighted by molar-refractivity contribution is 7.19. The van der Waals surface area contributed by atoms with Crippen LogP contribution in [0, 0.1) is 0 Å². The minimum absolute atomic E-state index is 0.334. The zero-order valence-electron chi connectivity index (χ0n) is 9.68. The molecule has 0 aliphatic rings. The molecule has 0 radical (unpaired) electrons. The van der Waals surface area contributed by atoms with Gasteiger partial charge in [0.25, 0.3) is 0 Å². The van der Waals surface area contributed by atoms with E-state index in [0.717, 1.165) is 17.8 Å². The first-order valence-corrected chi connectivity index (χ1v) is 6.30. The van der Waals surface area contributed by atoms with Gasteiger partial charge in [-0.25, -0.2) is 0 Å². The first-order valence-electron chi connectivity index (χ1n) is 5.48. The van der Waals surface area contributed by atoms with Crippen LogP contribution in [-0.4, -0.2) is 30.6 Å². The van der Waals surface area contributed by atoms with Crippen molar-refractivity contribution in [2.45, 2.75) is 12.5 Å². The van der Waals surface area contributed by atoms with Crippen molar-refractivity contribution in [3.63, 3.8) is 0 Å². The highest BCUT2D eigenvalue weighted by atomic mass is 32.1. The summed E-state index contributed by atoms with van der Waals surface area (Å²) in [5.41, 5.74) is 0. The molecule has 2 rings (SSSR count). The summed E-state index contributed by atoms with van der Waals surface area (Å²) in [6.45, 7) is 0.912. The molecule has 0 fully saturated rings. The maximum atomic E-state index is 10.1. The van der Waals surface area contributed by atoms with Crippen LogP contribution < -0.4 is 0 Å². The molecule has 1 aromatic carbocycles. The first kappa shape index (κ1) is 11.6. The molecule has 86 valence electrons. The lowest BCUT2D eigenvalue weighted by Crippen LogP contribution is -2.15. The zero-order valence-corrected chi connectivity index (χ0v) is 10.5. The van der Waals surface area contributed by atoms with Crippen LogP contribution in [0.4, 0.5) is 0 Å². The molecule has 1 atom stereocenters. The number of rotatable bonds is 4. The van der Waals surface area contributed by atoms with Crippen molar-refractivity contribution < 1.29 is 5.11 Å². The van der Waals surface area contributed by atoms with Crippen LogP contribution in [0.3, 0.4) is 0 Å². The third-order valence-electron chi connectivity index (χ3n) is 2.62. The van der Waals surface area contributed by atoms with E-state index in [9.17, 15) is 5.11 Å². The SMILES string of the molecule is CN(C)CCC(O)c1cc2ccccc2s1. The molecular weight excluding hydrogens is 218 g/mol. The summed E-state index contributed by atoms with van der Waals surface area (Å²) < 4.78 is 1.25. The molecule has 0 aliphatic carbocycles. The number of benzene rings is 1. The Morgan fingerprint density at radius 2 is 2.06 bits per heavy atom. The van der Waals surface area contributed by atoms with Crippen molar-refractivity contribution in [2.75, 3.05) is 20.6 Å². The Bertz CT molecular complexity index is 431. The van der Waals surface area contributed by atoms with Crippen molar-refractivity contribution in [1.29, 1.82) is 0 Å². The van der Waals surface area contributed by atoms with Gasteiger partial charge in [-0.15, -0.1) is 11.3 Å². The maximum Gasteiger partial charge on any atom is 0.0894 e. The van der Waals surface area contributed by atoms with Gasteiger partial charge in [0.15, 0.2) is 0 Å². The van der Waals surface area contributed by atoms with E-state index < -0.39 is 0 Å². The van der Waals surface area contributed by atoms with E-state index in [4.69, 9.17) is 0 Å². The van der Waals surface area contributed by atoms with Crippen LogP contribution in [0.25, 0.3) is 10.1 Å². The number of aliphatic hydroxyl groups excluding tert-OH is 1. The topological polar surface area (TPSA) is 23.5 Å². The van der Waals surface area contributed by atoms with Gasteiger partial charge in [0.05, 0.1) is 6.10 Å². The van der Waals surface area contributed by atoms with E-state index in [1.165, 1.54) is 10.1 Å². The standard InChI is InChI=1S/C13H17NOS/c1-14(2)8-7-11(15)13-9-10-5-3-4-6-12(10)16-13/h3-6,9,11,15H,7-8H2,1-2H3. The largest absolute Gasteiger partial charge is 0.388 e. The van der Waals surface area contributed by atoms with Crippen molar-refractivity contribution in [1.82, 2.24) is 4.90 Å². The summed E-state index contributed by atoms with van der Waals surface area (Å²) >= 11 is 1.69. The molecule has 0 saturated heterocycles. The molecule has 0 saturated carbocycles. The summed E-state index contributed by atoms with van der Waals surface area (Å²) in [6.07, 6.45) is 0.458. The molecule has 0 spiro atoms. The van der Waals surface area contributed by atoms with Crippen LogP contribution in [0.2, 0.25) is 0 Å². The Hall–Kier alpha value is -0.900. The lowest BCUT2D eigenvalue weighted by Gasteiger charge is -2.12. The summed E-state index contributed by atoms with van der Waals surface area (Å²) in [5.74, 6) is 0. The minimum Gasteiger partial charge on any atom is -0.388 e.